The van der Waals surface area contributed by atoms with Crippen LogP contribution in [0.4, 0.5) is 5.95 Å². The van der Waals surface area contributed by atoms with Crippen LogP contribution in [0.25, 0.3) is 0 Å². The number of hydrogen-bond donors (Lipinski definition) is 0. The molecule has 0 N–H and O–H groups in total. The van der Waals surface area contributed by atoms with Gasteiger partial charge in [0, 0.05) is 44.6 Å². The number of hydrogen-bond acceptors (Lipinski definition) is 5. The van der Waals surface area contributed by atoms with Crippen LogP contribution in [0.5, 0.6) is 0 Å². The minimum Gasteiger partial charge on any atom is -0.381 e. The van der Waals surface area contributed by atoms with Crippen molar-refractivity contribution in [2.24, 2.45) is 23.7 Å². The Hall–Kier alpha value is -0.760. The van der Waals surface area contributed by atoms with E-state index in [1.54, 1.807) is 12.4 Å². The molecule has 3 atom stereocenters. The van der Waals surface area contributed by atoms with E-state index >= 15 is 0 Å². The number of aromatic nitrogens is 2. The molecule has 3 aliphatic rings. The van der Waals surface area contributed by atoms with Crippen LogP contribution >= 0.6 is 11.6 Å². The predicted octanol–water partition coefficient (Wildman–Crippen LogP) is 4.17. The lowest BCUT2D eigenvalue weighted by molar-refractivity contribution is 0.0750. The third kappa shape index (κ3) is 6.40. The number of rotatable bonds is 9. The number of piperidine rings is 2. The highest BCUT2D eigenvalue weighted by Crippen LogP contribution is 2.49. The molecule has 0 aromatic carbocycles. The van der Waals surface area contributed by atoms with Gasteiger partial charge < -0.3 is 9.64 Å². The standard InChI is InChI=1S/C23H37ClN4O2S/c1-17(2)31(29)28-10-3-18(4-11-28)16-30-12-7-20-13-22(20)19-5-8-27(9-6-19)23-25-14-21(24)15-26-23/h14-15,17-20,22H,3-13,16H2,1-2H3. The first-order valence-electron chi connectivity index (χ1n) is 12.0. The molecule has 6 nitrogen and oxygen atoms in total. The summed E-state index contributed by atoms with van der Waals surface area (Å²) < 4.78 is 20.4. The molecule has 1 aromatic heterocycles. The van der Waals surface area contributed by atoms with E-state index in [9.17, 15) is 4.21 Å². The fourth-order valence-electron chi connectivity index (χ4n) is 5.22. The second-order valence-electron chi connectivity index (χ2n) is 9.75. The summed E-state index contributed by atoms with van der Waals surface area (Å²) in [6.07, 6.45) is 10.7. The molecule has 3 unspecified atom stereocenters. The molecule has 1 saturated carbocycles. The zero-order valence-corrected chi connectivity index (χ0v) is 20.5. The van der Waals surface area contributed by atoms with E-state index in [4.69, 9.17) is 16.3 Å². The Bertz CT molecular complexity index is 719. The molecule has 8 heteroatoms. The highest BCUT2D eigenvalue weighted by molar-refractivity contribution is 7.83. The highest BCUT2D eigenvalue weighted by atomic mass is 35.5. The van der Waals surface area contributed by atoms with E-state index in [0.717, 1.165) is 75.9 Å². The molecule has 0 bridgehead atoms. The molecule has 174 valence electrons. The summed E-state index contributed by atoms with van der Waals surface area (Å²) in [6.45, 7) is 9.84. The molecule has 4 rings (SSSR count). The maximum Gasteiger partial charge on any atom is 0.225 e. The normalized spacial score (nSPS) is 27.0. The van der Waals surface area contributed by atoms with Gasteiger partial charge in [0.05, 0.1) is 28.4 Å². The van der Waals surface area contributed by atoms with Gasteiger partial charge in [0.2, 0.25) is 5.95 Å². The second-order valence-corrected chi connectivity index (χ2v) is 12.2. The van der Waals surface area contributed by atoms with Crippen LogP contribution in [0.3, 0.4) is 0 Å². The molecule has 2 aliphatic heterocycles. The van der Waals surface area contributed by atoms with E-state index in [2.05, 4.69) is 19.2 Å². The minimum atomic E-state index is -0.822. The van der Waals surface area contributed by atoms with E-state index in [0.29, 0.717) is 10.9 Å². The van der Waals surface area contributed by atoms with Gasteiger partial charge in [-0.05, 0) is 76.0 Å². The molecule has 2 saturated heterocycles. The summed E-state index contributed by atoms with van der Waals surface area (Å²) in [5.74, 6) is 4.05. The Kier molecular flexibility index (Phi) is 8.23. The third-order valence-corrected chi connectivity index (χ3v) is 9.11. The number of halogens is 1. The average Bonchev–Trinajstić information content (AvgIpc) is 3.57. The van der Waals surface area contributed by atoms with Gasteiger partial charge in [0.1, 0.15) is 0 Å². The Morgan fingerprint density at radius 2 is 1.81 bits per heavy atom. The van der Waals surface area contributed by atoms with Gasteiger partial charge in [-0.25, -0.2) is 18.5 Å². The van der Waals surface area contributed by atoms with Crippen LogP contribution < -0.4 is 4.90 Å². The first-order chi connectivity index (χ1) is 15.0. The lowest BCUT2D eigenvalue weighted by Crippen LogP contribution is -2.39. The van der Waals surface area contributed by atoms with Crippen LogP contribution in [0.15, 0.2) is 12.4 Å². The van der Waals surface area contributed by atoms with E-state index in [1.807, 2.05) is 13.8 Å². The monoisotopic (exact) mass is 468 g/mol. The van der Waals surface area contributed by atoms with Gasteiger partial charge in [-0.1, -0.05) is 11.6 Å². The van der Waals surface area contributed by atoms with Crippen LogP contribution in [0, 0.1) is 23.7 Å². The third-order valence-electron chi connectivity index (χ3n) is 7.23. The van der Waals surface area contributed by atoms with Gasteiger partial charge in [-0.2, -0.15) is 0 Å². The van der Waals surface area contributed by atoms with Crippen molar-refractivity contribution in [1.29, 1.82) is 0 Å². The Morgan fingerprint density at radius 1 is 1.13 bits per heavy atom. The zero-order valence-electron chi connectivity index (χ0n) is 18.9. The fourth-order valence-corrected chi connectivity index (χ4v) is 6.48. The van der Waals surface area contributed by atoms with Crippen molar-refractivity contribution in [3.63, 3.8) is 0 Å². The Labute approximate surface area is 194 Å². The van der Waals surface area contributed by atoms with Crippen molar-refractivity contribution in [3.8, 4) is 0 Å². The average molecular weight is 469 g/mol. The summed E-state index contributed by atoms with van der Waals surface area (Å²) in [5.41, 5.74) is 0. The van der Waals surface area contributed by atoms with Gasteiger partial charge in [-0.3, -0.25) is 0 Å². The van der Waals surface area contributed by atoms with Crippen LogP contribution in [0.1, 0.15) is 52.4 Å². The smallest absolute Gasteiger partial charge is 0.225 e. The fraction of sp³-hybridized carbons (Fsp3) is 0.826. The van der Waals surface area contributed by atoms with E-state index < -0.39 is 11.0 Å². The summed E-state index contributed by atoms with van der Waals surface area (Å²) in [6, 6.07) is 0. The molecule has 1 aliphatic carbocycles. The molecule has 0 amide bonds. The number of anilines is 1. The molecular weight excluding hydrogens is 432 g/mol. The van der Waals surface area contributed by atoms with Crippen molar-refractivity contribution in [3.05, 3.63) is 17.4 Å². The summed E-state index contributed by atoms with van der Waals surface area (Å²) >= 11 is 5.90. The molecule has 1 aromatic rings. The SMILES string of the molecule is CC(C)S(=O)N1CCC(COCCC2CC2C2CCN(c3ncc(Cl)cn3)CC2)CC1. The number of ether oxygens (including phenoxy) is 1. The minimum absolute atomic E-state index is 0.220. The first kappa shape index (κ1) is 23.4. The molecule has 3 fully saturated rings. The lowest BCUT2D eigenvalue weighted by Gasteiger charge is -2.32. The van der Waals surface area contributed by atoms with Gasteiger partial charge in [-0.15, -0.1) is 0 Å². The number of nitrogens with zero attached hydrogens (tertiary/aromatic N) is 4. The van der Waals surface area contributed by atoms with Crippen molar-refractivity contribution in [2.75, 3.05) is 44.3 Å². The van der Waals surface area contributed by atoms with Crippen LogP contribution in [-0.4, -0.2) is 63.1 Å². The summed E-state index contributed by atoms with van der Waals surface area (Å²) in [5, 5.41) is 0.812. The Balaban J connectivity index is 1.07. The molecule has 31 heavy (non-hydrogen) atoms. The van der Waals surface area contributed by atoms with E-state index in [1.165, 1.54) is 25.7 Å². The first-order valence-corrected chi connectivity index (χ1v) is 13.5. The van der Waals surface area contributed by atoms with Gasteiger partial charge >= 0.3 is 0 Å². The maximum atomic E-state index is 12.2. The molecular formula is C23H37ClN4O2S. The second kappa shape index (κ2) is 10.9. The van der Waals surface area contributed by atoms with E-state index in [-0.39, 0.29) is 5.25 Å². The largest absolute Gasteiger partial charge is 0.381 e. The van der Waals surface area contributed by atoms with Crippen molar-refractivity contribution in [1.82, 2.24) is 14.3 Å². The molecule has 0 spiro atoms. The molecule has 3 heterocycles. The van der Waals surface area contributed by atoms with Crippen molar-refractivity contribution < 1.29 is 8.95 Å². The Morgan fingerprint density at radius 3 is 2.45 bits per heavy atom. The van der Waals surface area contributed by atoms with Crippen LogP contribution in [0.2, 0.25) is 5.02 Å². The summed E-state index contributed by atoms with van der Waals surface area (Å²) in [4.78, 5) is 11.0. The highest BCUT2D eigenvalue weighted by Gasteiger charge is 2.43. The van der Waals surface area contributed by atoms with Crippen LogP contribution in [-0.2, 0) is 15.7 Å². The predicted molar refractivity (Wildman–Crippen MR) is 127 cm³/mol. The van der Waals surface area contributed by atoms with Crippen molar-refractivity contribution in [2.45, 2.75) is 57.6 Å². The van der Waals surface area contributed by atoms with Crippen molar-refractivity contribution >= 4 is 28.5 Å². The lowest BCUT2D eigenvalue weighted by atomic mass is 9.90. The summed E-state index contributed by atoms with van der Waals surface area (Å²) in [7, 11) is -0.822. The van der Waals surface area contributed by atoms with Gasteiger partial charge in [0.15, 0.2) is 0 Å². The van der Waals surface area contributed by atoms with Gasteiger partial charge in [0.25, 0.3) is 0 Å². The maximum absolute atomic E-state index is 12.2. The zero-order chi connectivity index (χ0) is 21.8. The molecule has 0 radical (unpaired) electrons. The topological polar surface area (TPSA) is 58.6 Å². The quantitative estimate of drug-likeness (QED) is 0.509.